The second kappa shape index (κ2) is 9.98. The molecule has 5 atom stereocenters. The number of ether oxygens (including phenoxy) is 2. The molecule has 0 amide bonds. The predicted molar refractivity (Wildman–Crippen MR) is 87.3 cm³/mol. The molecule has 176 valence electrons. The molecule has 0 aromatic heterocycles. The van der Waals surface area contributed by atoms with Crippen LogP contribution >= 0.6 is 31.6 Å². The van der Waals surface area contributed by atoms with E-state index in [-0.39, 0.29) is 0 Å². The van der Waals surface area contributed by atoms with Crippen LogP contribution in [0.15, 0.2) is 0 Å². The summed E-state index contributed by atoms with van der Waals surface area (Å²) in [5.74, 6) is 0. The summed E-state index contributed by atoms with van der Waals surface area (Å²) in [6.07, 6.45) is -10.6. The van der Waals surface area contributed by atoms with Crippen LogP contribution in [0.4, 0.5) is 0 Å². The van der Waals surface area contributed by atoms with Crippen molar-refractivity contribution in [2.45, 2.75) is 30.7 Å². The van der Waals surface area contributed by atoms with E-state index >= 15 is 0 Å². The normalized spacial score (nSPS) is 30.3. The van der Waals surface area contributed by atoms with Gasteiger partial charge in [0.05, 0.1) is 0 Å². The first-order valence-corrected chi connectivity index (χ1v) is 13.4. The molecular weight excluding hydrogens is 496 g/mol. The quantitative estimate of drug-likeness (QED) is 0.132. The molecule has 1 heterocycles. The van der Waals surface area contributed by atoms with Gasteiger partial charge in [-0.15, -0.1) is 0 Å². The first kappa shape index (κ1) is 27.6. The van der Waals surface area contributed by atoms with Gasteiger partial charge in [0.15, 0.2) is 0 Å². The van der Waals surface area contributed by atoms with Crippen molar-refractivity contribution < 1.29 is 85.3 Å². The first-order chi connectivity index (χ1) is 12.8. The number of hydrogen-bond donors (Lipinski definition) is 9. The van der Waals surface area contributed by atoms with E-state index in [1.54, 1.807) is 0 Å². The van der Waals surface area contributed by atoms with Crippen molar-refractivity contribution in [3.8, 4) is 0 Å². The van der Waals surface area contributed by atoms with Crippen LogP contribution in [0.1, 0.15) is 0 Å². The fourth-order valence-electron chi connectivity index (χ4n) is 2.25. The van der Waals surface area contributed by atoms with Gasteiger partial charge in [-0.2, -0.15) is 0 Å². The Morgan fingerprint density at radius 3 is 1.69 bits per heavy atom. The van der Waals surface area contributed by atoms with Gasteiger partial charge in [-0.3, -0.25) is 0 Å². The van der Waals surface area contributed by atoms with Crippen molar-refractivity contribution in [2.75, 3.05) is 13.7 Å². The zero-order valence-corrected chi connectivity index (χ0v) is 17.8. The number of hydrogen-bond acceptors (Lipinski definition) is 12. The zero-order chi connectivity index (χ0) is 22.8. The fourth-order valence-corrected chi connectivity index (χ4v) is 4.33. The second-order valence-electron chi connectivity index (χ2n) is 5.34. The van der Waals surface area contributed by atoms with Crippen molar-refractivity contribution >= 4 is 31.6 Å². The van der Waals surface area contributed by atoms with E-state index in [0.717, 1.165) is 7.11 Å². The number of phosphoric ester groups is 3. The molecule has 0 aliphatic carbocycles. The molecule has 1 aliphatic heterocycles. The van der Waals surface area contributed by atoms with Gasteiger partial charge in [-0.1, -0.05) is 0 Å². The van der Waals surface area contributed by atoms with Crippen LogP contribution in [0.3, 0.4) is 0 Å². The van der Waals surface area contributed by atoms with Crippen LogP contribution in [0.5, 0.6) is 0 Å². The van der Waals surface area contributed by atoms with Crippen molar-refractivity contribution in [1.82, 2.24) is 0 Å². The third-order valence-electron chi connectivity index (χ3n) is 3.04. The van der Waals surface area contributed by atoms with Crippen molar-refractivity contribution in [1.29, 1.82) is 0 Å². The van der Waals surface area contributed by atoms with Gasteiger partial charge < -0.3 is 0 Å². The van der Waals surface area contributed by atoms with Gasteiger partial charge in [0.25, 0.3) is 0 Å². The van der Waals surface area contributed by atoms with E-state index in [4.69, 9.17) is 53.5 Å². The van der Waals surface area contributed by atoms with Crippen LogP contribution in [-0.2, 0) is 41.3 Å². The summed E-state index contributed by atoms with van der Waals surface area (Å²) in [5, 5.41) is 0. The van der Waals surface area contributed by atoms with Gasteiger partial charge in [0.2, 0.25) is 0 Å². The molecule has 9 N–H and O–H groups in total. The molecule has 1 rings (SSSR count). The maximum absolute atomic E-state index is 11.3. The standard InChI is InChI=1S/C7H20O18P4/c1-20-7-6(25-29(17,18)19)5(24-28(14,15)16)4(23-27(11,12)13)3(22-7)2-21-26(8,9)10/h3-7,17-19,29H,2H2,1H3,(H2,8,9,10)(H2,11,12,13)(H2,14,15,16)/t3?,4-,5?,6-,7+/m1/s1. The number of methoxy groups -OCH3 is 1. The van der Waals surface area contributed by atoms with Crippen molar-refractivity contribution in [2.24, 2.45) is 0 Å². The molecule has 0 aromatic carbocycles. The summed E-state index contributed by atoms with van der Waals surface area (Å²) >= 11 is 0. The Morgan fingerprint density at radius 1 is 0.828 bits per heavy atom. The number of phosphoric acid groups is 3. The predicted octanol–water partition coefficient (Wildman–Crippen LogP) is -2.81. The van der Waals surface area contributed by atoms with Gasteiger partial charge in [-0.05, 0) is 0 Å². The molecular formula is C7H20O18P4. The SMILES string of the molecule is CO[C@H]1OC(COP(=O)(O)O)[C@@H](OP(=O)(O)O)C(OP(=O)(O)O)[C@H]1O[PH](O)(O)O. The molecule has 29 heavy (non-hydrogen) atoms. The summed E-state index contributed by atoms with van der Waals surface area (Å²) in [6.45, 7) is -1.16. The molecule has 0 aromatic rings. The zero-order valence-electron chi connectivity index (χ0n) is 14.1. The summed E-state index contributed by atoms with van der Waals surface area (Å²) in [5.41, 5.74) is 0. The Kier molecular flexibility index (Phi) is 9.48. The minimum absolute atomic E-state index is 0.899. The van der Waals surface area contributed by atoms with Gasteiger partial charge in [-0.25, -0.2) is 0 Å². The van der Waals surface area contributed by atoms with Gasteiger partial charge >= 0.3 is 161 Å². The van der Waals surface area contributed by atoms with Crippen molar-refractivity contribution in [3.05, 3.63) is 0 Å². The van der Waals surface area contributed by atoms with E-state index in [0.29, 0.717) is 0 Å². The summed E-state index contributed by atoms with van der Waals surface area (Å²) in [4.78, 5) is 81.2. The summed E-state index contributed by atoms with van der Waals surface area (Å²) in [6, 6.07) is 0. The first-order valence-electron chi connectivity index (χ1n) is 7.02. The van der Waals surface area contributed by atoms with Crippen molar-refractivity contribution in [3.63, 3.8) is 0 Å². The number of rotatable bonds is 10. The Balaban J connectivity index is 3.40. The van der Waals surface area contributed by atoms with Gasteiger partial charge in [0, 0.05) is 0 Å². The Morgan fingerprint density at radius 2 is 1.31 bits per heavy atom. The fraction of sp³-hybridized carbons (Fsp3) is 1.00. The molecule has 0 saturated carbocycles. The Labute approximate surface area is 162 Å². The van der Waals surface area contributed by atoms with E-state index in [9.17, 15) is 13.7 Å². The molecule has 1 saturated heterocycles. The third kappa shape index (κ3) is 10.6. The monoisotopic (exact) mass is 516 g/mol. The van der Waals surface area contributed by atoms with E-state index in [1.807, 2.05) is 0 Å². The van der Waals surface area contributed by atoms with Crippen LogP contribution < -0.4 is 0 Å². The summed E-state index contributed by atoms with van der Waals surface area (Å²) in [7, 11) is -20.7. The summed E-state index contributed by atoms with van der Waals surface area (Å²) < 4.78 is 60.5. The van der Waals surface area contributed by atoms with Crippen LogP contribution in [0.25, 0.3) is 0 Å². The minimum atomic E-state index is -5.50. The van der Waals surface area contributed by atoms with Gasteiger partial charge in [0.1, 0.15) is 0 Å². The Hall–Kier alpha value is 0.520. The Bertz CT molecular complexity index is 672. The molecule has 1 fully saturated rings. The molecule has 2 unspecified atom stereocenters. The average Bonchev–Trinajstić information content (AvgIpc) is 2.44. The molecule has 1 aliphatic rings. The maximum atomic E-state index is 11.3. The molecule has 0 radical (unpaired) electrons. The van der Waals surface area contributed by atoms with E-state index in [2.05, 4.69) is 18.1 Å². The molecule has 0 spiro atoms. The molecule has 18 nitrogen and oxygen atoms in total. The van der Waals surface area contributed by atoms with E-state index < -0.39 is 69.0 Å². The average molecular weight is 516 g/mol. The molecule has 22 heteroatoms. The second-order valence-corrected chi connectivity index (χ2v) is 10.3. The molecule has 0 bridgehead atoms. The van der Waals surface area contributed by atoms with E-state index in [1.165, 1.54) is 0 Å². The topological polar surface area (TPSA) is 289 Å². The van der Waals surface area contributed by atoms with Crippen LogP contribution in [-0.4, -0.2) is 88.5 Å². The third-order valence-corrected chi connectivity index (χ3v) is 5.15. The van der Waals surface area contributed by atoms with Crippen LogP contribution in [0.2, 0.25) is 0 Å². The van der Waals surface area contributed by atoms with Crippen LogP contribution in [0, 0.1) is 0 Å².